The first-order chi connectivity index (χ1) is 18.3. The number of aromatic nitrogens is 5. The van der Waals surface area contributed by atoms with E-state index in [-0.39, 0.29) is 13.1 Å². The molecule has 0 saturated carbocycles. The Bertz CT molecular complexity index is 1620. The van der Waals surface area contributed by atoms with Crippen LogP contribution in [0.15, 0.2) is 73.2 Å². The molecule has 6 rings (SSSR count). The Kier molecular flexibility index (Phi) is 5.63. The molecule has 0 radical (unpaired) electrons. The van der Waals surface area contributed by atoms with Crippen LogP contribution in [-0.4, -0.2) is 54.8 Å². The number of aryl methyl sites for hydroxylation is 1. The lowest BCUT2D eigenvalue weighted by Gasteiger charge is -2.40. The first-order valence-corrected chi connectivity index (χ1v) is 11.9. The Morgan fingerprint density at radius 1 is 1.03 bits per heavy atom. The monoisotopic (exact) mass is 517 g/mol. The third kappa shape index (κ3) is 4.36. The summed E-state index contributed by atoms with van der Waals surface area (Å²) in [6.45, 7) is -0.621. The van der Waals surface area contributed by atoms with E-state index in [1.54, 1.807) is 36.1 Å². The van der Waals surface area contributed by atoms with Gasteiger partial charge in [0.05, 0.1) is 12.1 Å². The van der Waals surface area contributed by atoms with Gasteiger partial charge in [-0.15, -0.1) is 0 Å². The van der Waals surface area contributed by atoms with Crippen molar-refractivity contribution in [3.63, 3.8) is 0 Å². The topological polar surface area (TPSA) is 91.7 Å². The zero-order valence-electron chi connectivity index (χ0n) is 20.2. The molecule has 0 aliphatic carbocycles. The number of benzene rings is 2. The predicted molar refractivity (Wildman–Crippen MR) is 137 cm³/mol. The van der Waals surface area contributed by atoms with E-state index in [4.69, 9.17) is 0 Å². The molecule has 3 aromatic heterocycles. The summed E-state index contributed by atoms with van der Waals surface area (Å²) < 4.78 is 40.2. The Balaban J connectivity index is 1.21. The number of fused-ring (bicyclic) bond motifs is 1. The van der Waals surface area contributed by atoms with E-state index in [1.807, 2.05) is 48.7 Å². The van der Waals surface area contributed by atoms with E-state index in [9.17, 15) is 18.0 Å². The van der Waals surface area contributed by atoms with Crippen LogP contribution in [0.4, 0.5) is 24.7 Å². The van der Waals surface area contributed by atoms with E-state index in [1.165, 1.54) is 4.90 Å². The smallest absolute Gasteiger partial charge is 0.340 e. The van der Waals surface area contributed by atoms with Crippen molar-refractivity contribution in [3.8, 4) is 22.5 Å². The molecular weight excluding hydrogens is 495 g/mol. The number of nitrogens with zero attached hydrogens (tertiary/aromatic N) is 5. The molecule has 1 amide bonds. The molecule has 0 atom stereocenters. The van der Waals surface area contributed by atoms with Gasteiger partial charge in [-0.25, -0.2) is 9.97 Å². The molecule has 1 saturated heterocycles. The fourth-order valence-corrected chi connectivity index (χ4v) is 4.56. The summed E-state index contributed by atoms with van der Waals surface area (Å²) in [4.78, 5) is 23.1. The molecular formula is C27H22F3N7O. The third-order valence-corrected chi connectivity index (χ3v) is 6.80. The number of H-pyrrole nitrogens is 1. The number of hydrogen-bond donors (Lipinski definition) is 2. The second kappa shape index (κ2) is 9.02. The minimum absolute atomic E-state index is 0.311. The summed E-state index contributed by atoms with van der Waals surface area (Å²) in [5, 5.41) is 10.9. The molecule has 8 nitrogen and oxygen atoms in total. The molecule has 1 fully saturated rings. The predicted octanol–water partition coefficient (Wildman–Crippen LogP) is 5.40. The normalized spacial score (nSPS) is 14.1. The van der Waals surface area contributed by atoms with Crippen LogP contribution in [0.3, 0.4) is 0 Å². The number of anilines is 2. The first-order valence-electron chi connectivity index (χ1n) is 11.9. The zero-order chi connectivity index (χ0) is 26.4. The number of hydrogen-bond acceptors (Lipinski definition) is 5. The molecule has 192 valence electrons. The summed E-state index contributed by atoms with van der Waals surface area (Å²) in [7, 11) is 1.73. The Labute approximate surface area is 215 Å². The Morgan fingerprint density at radius 2 is 1.79 bits per heavy atom. The standard InChI is InChI=1S/C27H22F3N7O/c1-36-22-11-18(3-2-17(22)10-23(36)26(38)37-14-20(15-37)27(28,29)30)25-31-9-8-24(35-25)34-21-6-4-16(5-7-21)19-12-32-33-13-19/h2-13,20H,14-15H2,1H3,(H,32,33)(H,31,34,35). The average molecular weight is 518 g/mol. The van der Waals surface area contributed by atoms with E-state index in [0.717, 1.165) is 33.3 Å². The van der Waals surface area contributed by atoms with Crippen molar-refractivity contribution in [1.29, 1.82) is 0 Å². The van der Waals surface area contributed by atoms with Crippen molar-refractivity contribution in [3.05, 3.63) is 78.9 Å². The number of rotatable bonds is 5. The quantitative estimate of drug-likeness (QED) is 0.326. The Morgan fingerprint density at radius 3 is 2.50 bits per heavy atom. The minimum atomic E-state index is -4.28. The highest BCUT2D eigenvalue weighted by atomic mass is 19.4. The molecule has 2 N–H and O–H groups in total. The molecule has 5 aromatic rings. The number of halogens is 3. The third-order valence-electron chi connectivity index (χ3n) is 6.80. The van der Waals surface area contributed by atoms with E-state index >= 15 is 0 Å². The molecule has 11 heteroatoms. The van der Waals surface area contributed by atoms with Gasteiger partial charge in [0.25, 0.3) is 5.91 Å². The molecule has 4 heterocycles. The SMILES string of the molecule is Cn1c(C(=O)N2CC(C(F)(F)F)C2)cc2ccc(-c3nccc(Nc4ccc(-c5cn[nH]c5)cc4)n3)cc21. The second-order valence-corrected chi connectivity index (χ2v) is 9.27. The highest BCUT2D eigenvalue weighted by molar-refractivity contribution is 5.99. The van der Waals surface area contributed by atoms with Crippen LogP contribution in [0.1, 0.15) is 10.5 Å². The molecule has 1 aliphatic rings. The summed E-state index contributed by atoms with van der Waals surface area (Å²) in [5.74, 6) is -0.755. The maximum absolute atomic E-state index is 12.9. The van der Waals surface area contributed by atoms with Crippen molar-refractivity contribution in [1.82, 2.24) is 29.6 Å². The van der Waals surface area contributed by atoms with Crippen LogP contribution in [0.5, 0.6) is 0 Å². The van der Waals surface area contributed by atoms with Gasteiger partial charge in [0, 0.05) is 60.2 Å². The van der Waals surface area contributed by atoms with E-state index < -0.39 is 18.0 Å². The lowest BCUT2D eigenvalue weighted by molar-refractivity contribution is -0.202. The highest BCUT2D eigenvalue weighted by Gasteiger charge is 2.49. The maximum Gasteiger partial charge on any atom is 0.395 e. The van der Waals surface area contributed by atoms with Crippen LogP contribution < -0.4 is 5.32 Å². The zero-order valence-corrected chi connectivity index (χ0v) is 20.2. The van der Waals surface area contributed by atoms with Gasteiger partial charge in [0.15, 0.2) is 5.82 Å². The number of aromatic amines is 1. The molecule has 1 aliphatic heterocycles. The molecule has 0 unspecified atom stereocenters. The van der Waals surface area contributed by atoms with Crippen molar-refractivity contribution in [2.75, 3.05) is 18.4 Å². The summed E-state index contributed by atoms with van der Waals surface area (Å²) in [5.41, 5.74) is 4.75. The number of amides is 1. The molecule has 0 spiro atoms. The number of likely N-dealkylation sites (tertiary alicyclic amines) is 1. The van der Waals surface area contributed by atoms with Crippen LogP contribution in [0.25, 0.3) is 33.4 Å². The van der Waals surface area contributed by atoms with Gasteiger partial charge in [0.1, 0.15) is 11.5 Å². The van der Waals surface area contributed by atoms with Gasteiger partial charge < -0.3 is 14.8 Å². The largest absolute Gasteiger partial charge is 0.395 e. The number of carbonyl (C=O) groups is 1. The molecule has 38 heavy (non-hydrogen) atoms. The number of nitrogens with one attached hydrogen (secondary N) is 2. The summed E-state index contributed by atoms with van der Waals surface area (Å²) in [6, 6.07) is 16.9. The van der Waals surface area contributed by atoms with Crippen LogP contribution >= 0.6 is 0 Å². The fraction of sp³-hybridized carbons (Fsp3) is 0.185. The van der Waals surface area contributed by atoms with E-state index in [2.05, 4.69) is 25.5 Å². The van der Waals surface area contributed by atoms with Crippen LogP contribution in [0, 0.1) is 5.92 Å². The Hall–Kier alpha value is -4.67. The van der Waals surface area contributed by atoms with Crippen molar-refractivity contribution in [2.24, 2.45) is 13.0 Å². The fourth-order valence-electron chi connectivity index (χ4n) is 4.56. The number of alkyl halides is 3. The van der Waals surface area contributed by atoms with Gasteiger partial charge in [-0.1, -0.05) is 24.3 Å². The highest BCUT2D eigenvalue weighted by Crippen LogP contribution is 2.35. The van der Waals surface area contributed by atoms with Crippen LogP contribution in [0.2, 0.25) is 0 Å². The van der Waals surface area contributed by atoms with Gasteiger partial charge >= 0.3 is 6.18 Å². The summed E-state index contributed by atoms with van der Waals surface area (Å²) >= 11 is 0. The lowest BCUT2D eigenvalue weighted by Crippen LogP contribution is -2.55. The summed E-state index contributed by atoms with van der Waals surface area (Å²) in [6.07, 6.45) is 0.971. The van der Waals surface area contributed by atoms with Gasteiger partial charge in [-0.2, -0.15) is 18.3 Å². The maximum atomic E-state index is 12.9. The van der Waals surface area contributed by atoms with Crippen molar-refractivity contribution >= 4 is 28.3 Å². The molecule has 2 aromatic carbocycles. The molecule has 0 bridgehead atoms. The van der Waals surface area contributed by atoms with Gasteiger partial charge in [-0.3, -0.25) is 9.89 Å². The lowest BCUT2D eigenvalue weighted by atomic mass is 9.99. The van der Waals surface area contributed by atoms with Gasteiger partial charge in [-0.05, 0) is 35.9 Å². The van der Waals surface area contributed by atoms with Crippen LogP contribution in [-0.2, 0) is 7.05 Å². The minimum Gasteiger partial charge on any atom is -0.340 e. The van der Waals surface area contributed by atoms with E-state index in [0.29, 0.717) is 17.3 Å². The van der Waals surface area contributed by atoms with Crippen molar-refractivity contribution < 1.29 is 18.0 Å². The first kappa shape index (κ1) is 23.7. The second-order valence-electron chi connectivity index (χ2n) is 9.27. The number of carbonyl (C=O) groups excluding carboxylic acids is 1. The average Bonchev–Trinajstić information content (AvgIpc) is 3.51. The van der Waals surface area contributed by atoms with Gasteiger partial charge in [0.2, 0.25) is 0 Å². The van der Waals surface area contributed by atoms with Crippen molar-refractivity contribution in [2.45, 2.75) is 6.18 Å².